The molecular weight excluding hydrogens is 444 g/mol. The molecular formula is C21H23ClN2O6S. The summed E-state index contributed by atoms with van der Waals surface area (Å²) in [5.41, 5.74) is -0.412. The van der Waals surface area contributed by atoms with E-state index in [2.05, 4.69) is 4.98 Å². The third-order valence-electron chi connectivity index (χ3n) is 5.61. The molecule has 1 saturated heterocycles. The zero-order valence-electron chi connectivity index (χ0n) is 17.1. The summed E-state index contributed by atoms with van der Waals surface area (Å²) in [6, 6.07) is 3.01. The lowest BCUT2D eigenvalue weighted by Crippen LogP contribution is -2.43. The molecule has 166 valence electrons. The molecule has 0 aliphatic carbocycles. The smallest absolute Gasteiger partial charge is 0.341 e. The van der Waals surface area contributed by atoms with E-state index in [9.17, 15) is 14.7 Å². The Kier molecular flexibility index (Phi) is 6.45. The van der Waals surface area contributed by atoms with Gasteiger partial charge in [0.15, 0.2) is 22.1 Å². The maximum Gasteiger partial charge on any atom is 0.341 e. The molecule has 4 rings (SSSR count). The highest BCUT2D eigenvalue weighted by Gasteiger charge is 2.40. The predicted octanol–water partition coefficient (Wildman–Crippen LogP) is 3.29. The Morgan fingerprint density at radius 3 is 2.84 bits per heavy atom. The first-order valence-electron chi connectivity index (χ1n) is 9.99. The summed E-state index contributed by atoms with van der Waals surface area (Å²) >= 11 is 8.23. The van der Waals surface area contributed by atoms with Crippen molar-refractivity contribution in [3.63, 3.8) is 0 Å². The molecule has 0 amide bonds. The lowest BCUT2D eigenvalue weighted by molar-refractivity contribution is 0.0692. The van der Waals surface area contributed by atoms with E-state index in [1.165, 1.54) is 12.3 Å². The number of ether oxygens (including phenoxy) is 3. The normalized spacial score (nSPS) is 16.7. The van der Waals surface area contributed by atoms with Crippen LogP contribution in [0.1, 0.15) is 29.6 Å². The number of carboxylic acid groups (broad SMARTS) is 1. The number of rotatable bonds is 6. The second-order valence-corrected chi connectivity index (χ2v) is 9.14. The zero-order chi connectivity index (χ0) is 22.0. The highest BCUT2D eigenvalue weighted by atomic mass is 35.5. The molecule has 8 nitrogen and oxygen atoms in total. The number of pyridine rings is 2. The largest absolute Gasteiger partial charge is 0.490 e. The lowest BCUT2D eigenvalue weighted by atomic mass is 9.91. The number of carboxylic acids is 1. The summed E-state index contributed by atoms with van der Waals surface area (Å²) < 4.78 is 18.8. The molecule has 0 radical (unpaired) electrons. The maximum absolute atomic E-state index is 12.5. The van der Waals surface area contributed by atoms with Gasteiger partial charge in [0.1, 0.15) is 17.9 Å². The van der Waals surface area contributed by atoms with Crippen LogP contribution >= 0.6 is 23.4 Å². The van der Waals surface area contributed by atoms with Gasteiger partial charge in [-0.1, -0.05) is 11.6 Å². The van der Waals surface area contributed by atoms with Gasteiger partial charge < -0.3 is 23.9 Å². The Morgan fingerprint density at radius 1 is 1.35 bits per heavy atom. The van der Waals surface area contributed by atoms with Crippen molar-refractivity contribution >= 4 is 29.3 Å². The highest BCUT2D eigenvalue weighted by Crippen LogP contribution is 2.44. The van der Waals surface area contributed by atoms with Crippen LogP contribution < -0.4 is 14.9 Å². The highest BCUT2D eigenvalue weighted by molar-refractivity contribution is 7.99. The van der Waals surface area contributed by atoms with E-state index in [1.54, 1.807) is 13.2 Å². The number of aromatic carboxylic acids is 1. The first-order valence-corrected chi connectivity index (χ1v) is 11.5. The average molecular weight is 467 g/mol. The summed E-state index contributed by atoms with van der Waals surface area (Å²) in [6.07, 6.45) is 3.70. The van der Waals surface area contributed by atoms with Gasteiger partial charge in [0, 0.05) is 38.5 Å². The Balaban J connectivity index is 1.82. The van der Waals surface area contributed by atoms with Crippen LogP contribution in [0.15, 0.2) is 23.1 Å². The van der Waals surface area contributed by atoms with Crippen LogP contribution in [0.4, 0.5) is 0 Å². The third kappa shape index (κ3) is 4.26. The van der Waals surface area contributed by atoms with Crippen molar-refractivity contribution in [2.75, 3.05) is 38.4 Å². The Morgan fingerprint density at radius 2 is 2.13 bits per heavy atom. The molecule has 0 atom stereocenters. The van der Waals surface area contributed by atoms with Crippen LogP contribution in [0.3, 0.4) is 0 Å². The van der Waals surface area contributed by atoms with E-state index < -0.39 is 16.9 Å². The molecule has 2 aliphatic rings. The molecule has 2 aromatic heterocycles. The maximum atomic E-state index is 12.5. The number of fused-ring (bicyclic) bond motifs is 4. The molecule has 1 fully saturated rings. The topological polar surface area (TPSA) is 99.9 Å². The Hall–Kier alpha value is -2.23. The SMILES string of the molecule is COCCCOc1cc2c(nc1Cl)-c1cc(=O)c(C(=O)O)cn1C1(CCSCC1)CO2. The average Bonchev–Trinajstić information content (AvgIpc) is 2.87. The first-order chi connectivity index (χ1) is 14.9. The number of carbonyl (C=O) groups is 1. The van der Waals surface area contributed by atoms with Gasteiger partial charge in [0.2, 0.25) is 0 Å². The second kappa shape index (κ2) is 9.10. The minimum Gasteiger partial charge on any atom is -0.490 e. The fourth-order valence-corrected chi connectivity index (χ4v) is 5.37. The van der Waals surface area contributed by atoms with Gasteiger partial charge in [-0.2, -0.15) is 11.8 Å². The predicted molar refractivity (Wildman–Crippen MR) is 118 cm³/mol. The van der Waals surface area contributed by atoms with E-state index in [0.29, 0.717) is 49.1 Å². The minimum atomic E-state index is -1.25. The Labute approximate surface area is 188 Å². The Bertz CT molecular complexity index is 1050. The van der Waals surface area contributed by atoms with Crippen molar-refractivity contribution in [1.29, 1.82) is 0 Å². The summed E-state index contributed by atoms with van der Waals surface area (Å²) in [6.45, 7) is 1.31. The van der Waals surface area contributed by atoms with Gasteiger partial charge in [-0.15, -0.1) is 0 Å². The molecule has 4 heterocycles. The van der Waals surface area contributed by atoms with Crippen LogP contribution in [-0.2, 0) is 10.3 Å². The van der Waals surface area contributed by atoms with E-state index in [4.69, 9.17) is 25.8 Å². The number of hydrogen-bond acceptors (Lipinski definition) is 7. The quantitative estimate of drug-likeness (QED) is 0.511. The molecule has 2 aliphatic heterocycles. The van der Waals surface area contributed by atoms with Crippen LogP contribution in [0.5, 0.6) is 11.5 Å². The molecule has 0 aromatic carbocycles. The number of hydrogen-bond donors (Lipinski definition) is 1. The summed E-state index contributed by atoms with van der Waals surface area (Å²) in [5.74, 6) is 1.42. The molecule has 1 spiro atoms. The molecule has 31 heavy (non-hydrogen) atoms. The van der Waals surface area contributed by atoms with Crippen LogP contribution in [-0.4, -0.2) is 59.1 Å². The monoisotopic (exact) mass is 466 g/mol. The fourth-order valence-electron chi connectivity index (χ4n) is 3.92. The van der Waals surface area contributed by atoms with Crippen molar-refractivity contribution in [2.24, 2.45) is 0 Å². The fraction of sp³-hybridized carbons (Fsp3) is 0.476. The molecule has 0 unspecified atom stereocenters. The van der Waals surface area contributed by atoms with Crippen molar-refractivity contribution in [2.45, 2.75) is 24.8 Å². The van der Waals surface area contributed by atoms with Crippen molar-refractivity contribution in [3.05, 3.63) is 39.3 Å². The summed E-state index contributed by atoms with van der Waals surface area (Å²) in [5, 5.41) is 9.66. The minimum absolute atomic E-state index is 0.149. The number of thioether (sulfide) groups is 1. The van der Waals surface area contributed by atoms with E-state index in [1.807, 2.05) is 16.3 Å². The molecule has 0 bridgehead atoms. The summed E-state index contributed by atoms with van der Waals surface area (Å²) in [7, 11) is 1.62. The van der Waals surface area contributed by atoms with Crippen molar-refractivity contribution in [1.82, 2.24) is 9.55 Å². The van der Waals surface area contributed by atoms with Gasteiger partial charge in [-0.05, 0) is 24.3 Å². The van der Waals surface area contributed by atoms with E-state index in [0.717, 1.165) is 24.3 Å². The van der Waals surface area contributed by atoms with Gasteiger partial charge in [-0.25, -0.2) is 9.78 Å². The number of aromatic nitrogens is 2. The van der Waals surface area contributed by atoms with Crippen molar-refractivity contribution < 1.29 is 24.1 Å². The van der Waals surface area contributed by atoms with Gasteiger partial charge in [0.25, 0.3) is 0 Å². The van der Waals surface area contributed by atoms with Gasteiger partial charge in [-0.3, -0.25) is 4.79 Å². The summed E-state index contributed by atoms with van der Waals surface area (Å²) in [4.78, 5) is 28.7. The molecule has 10 heteroatoms. The number of nitrogens with zero attached hydrogens (tertiary/aromatic N) is 2. The number of methoxy groups -OCH3 is 1. The molecule has 1 N–H and O–H groups in total. The van der Waals surface area contributed by atoms with Crippen LogP contribution in [0.2, 0.25) is 5.15 Å². The molecule has 0 saturated carbocycles. The van der Waals surface area contributed by atoms with Gasteiger partial charge >= 0.3 is 5.97 Å². The third-order valence-corrected chi connectivity index (χ3v) is 6.87. The second-order valence-electron chi connectivity index (χ2n) is 7.56. The standard InChI is InChI=1S/C21H23ClN2O6S/c1-28-5-2-6-29-17-10-16-18(23-19(17)22)14-9-15(25)13(20(26)27)11-24(14)21(12-30-16)3-7-31-8-4-21/h9-11H,2-8,12H2,1H3,(H,26,27). The molecule has 2 aromatic rings. The van der Waals surface area contributed by atoms with E-state index in [-0.39, 0.29) is 10.7 Å². The first kappa shape index (κ1) is 22.0. The van der Waals surface area contributed by atoms with Crippen molar-refractivity contribution in [3.8, 4) is 22.9 Å². The van der Waals surface area contributed by atoms with Gasteiger partial charge in [0.05, 0.1) is 17.8 Å². The van der Waals surface area contributed by atoms with E-state index >= 15 is 0 Å². The van der Waals surface area contributed by atoms with Crippen LogP contribution in [0.25, 0.3) is 11.4 Å². The lowest BCUT2D eigenvalue weighted by Gasteiger charge is -2.39. The zero-order valence-corrected chi connectivity index (χ0v) is 18.6. The van der Waals surface area contributed by atoms with Crippen LogP contribution in [0, 0.1) is 0 Å². The number of halogens is 1.